The van der Waals surface area contributed by atoms with E-state index in [0.29, 0.717) is 5.69 Å². The maximum absolute atomic E-state index is 13.4. The van der Waals surface area contributed by atoms with Gasteiger partial charge in [-0.05, 0) is 36.4 Å². The average molecular weight is 283 g/mol. The van der Waals surface area contributed by atoms with Gasteiger partial charge in [0, 0.05) is 11.9 Å². The van der Waals surface area contributed by atoms with Crippen LogP contribution < -0.4 is 5.32 Å². The molecular formula is C14H10FN5O. The van der Waals surface area contributed by atoms with Crippen molar-refractivity contribution in [2.45, 2.75) is 0 Å². The number of hydrogen-bond acceptors (Lipinski definition) is 4. The van der Waals surface area contributed by atoms with Crippen molar-refractivity contribution in [1.29, 1.82) is 0 Å². The van der Waals surface area contributed by atoms with Gasteiger partial charge < -0.3 is 5.32 Å². The third kappa shape index (κ3) is 2.76. The summed E-state index contributed by atoms with van der Waals surface area (Å²) in [5, 5.41) is 6.60. The van der Waals surface area contributed by atoms with E-state index in [9.17, 15) is 9.18 Å². The molecule has 3 aromatic rings. The van der Waals surface area contributed by atoms with Gasteiger partial charge in [-0.2, -0.15) is 9.49 Å². The van der Waals surface area contributed by atoms with Gasteiger partial charge >= 0.3 is 0 Å². The Labute approximate surface area is 119 Å². The third-order valence-corrected chi connectivity index (χ3v) is 2.81. The minimum Gasteiger partial charge on any atom is -0.322 e. The van der Waals surface area contributed by atoms with Crippen molar-refractivity contribution in [3.8, 4) is 5.69 Å². The molecule has 3 rings (SSSR count). The lowest BCUT2D eigenvalue weighted by molar-refractivity contribution is 0.102. The van der Waals surface area contributed by atoms with Gasteiger partial charge in [0.25, 0.3) is 5.91 Å². The predicted octanol–water partition coefficient (Wildman–Crippen LogP) is 2.05. The summed E-state index contributed by atoms with van der Waals surface area (Å²) >= 11 is 0. The van der Waals surface area contributed by atoms with Gasteiger partial charge in [-0.3, -0.25) is 4.79 Å². The molecule has 21 heavy (non-hydrogen) atoms. The molecule has 0 fully saturated rings. The van der Waals surface area contributed by atoms with E-state index in [1.54, 1.807) is 35.3 Å². The Morgan fingerprint density at radius 3 is 2.67 bits per heavy atom. The molecule has 6 nitrogen and oxygen atoms in total. The van der Waals surface area contributed by atoms with E-state index in [0.717, 1.165) is 5.69 Å². The fraction of sp³-hybridized carbons (Fsp3) is 0. The first kappa shape index (κ1) is 12.9. The first-order chi connectivity index (χ1) is 10.2. The van der Waals surface area contributed by atoms with Crippen LogP contribution in [0.15, 0.2) is 55.2 Å². The van der Waals surface area contributed by atoms with Crippen LogP contribution in [0.25, 0.3) is 5.69 Å². The Balaban J connectivity index is 1.77. The smallest absolute Gasteiger partial charge is 0.260 e. The maximum atomic E-state index is 13.4. The fourth-order valence-corrected chi connectivity index (χ4v) is 1.79. The number of benzene rings is 1. The Morgan fingerprint density at radius 1 is 1.19 bits per heavy atom. The largest absolute Gasteiger partial charge is 0.322 e. The number of nitrogens with zero attached hydrogens (tertiary/aromatic N) is 4. The second-order valence-corrected chi connectivity index (χ2v) is 4.18. The Morgan fingerprint density at radius 2 is 2.00 bits per heavy atom. The van der Waals surface area contributed by atoms with Gasteiger partial charge in [-0.25, -0.2) is 14.6 Å². The molecule has 0 radical (unpaired) electrons. The summed E-state index contributed by atoms with van der Waals surface area (Å²) < 4.78 is 15.0. The molecule has 1 N–H and O–H groups in total. The number of pyridine rings is 1. The zero-order valence-electron chi connectivity index (χ0n) is 10.8. The Bertz CT molecular complexity index is 755. The van der Waals surface area contributed by atoms with E-state index >= 15 is 0 Å². The molecule has 0 aliphatic carbocycles. The van der Waals surface area contributed by atoms with Crippen LogP contribution in [-0.2, 0) is 0 Å². The first-order valence-electron chi connectivity index (χ1n) is 6.11. The van der Waals surface area contributed by atoms with Crippen LogP contribution in [0.1, 0.15) is 10.4 Å². The number of anilines is 1. The van der Waals surface area contributed by atoms with Crippen LogP contribution in [0.3, 0.4) is 0 Å². The van der Waals surface area contributed by atoms with Crippen LogP contribution >= 0.6 is 0 Å². The number of carbonyl (C=O) groups excluding carboxylic acids is 1. The highest BCUT2D eigenvalue weighted by Crippen LogP contribution is 2.14. The van der Waals surface area contributed by atoms with Gasteiger partial charge in [0.1, 0.15) is 12.7 Å². The summed E-state index contributed by atoms with van der Waals surface area (Å²) in [4.78, 5) is 19.2. The zero-order chi connectivity index (χ0) is 14.7. The SMILES string of the molecule is O=C(Nc1ccc(-n2cncn2)cc1)c1cccnc1F. The van der Waals surface area contributed by atoms with Gasteiger partial charge in [-0.15, -0.1) is 0 Å². The summed E-state index contributed by atoms with van der Waals surface area (Å²) in [6, 6.07) is 9.81. The molecule has 0 unspecified atom stereocenters. The monoisotopic (exact) mass is 283 g/mol. The topological polar surface area (TPSA) is 72.7 Å². The minimum atomic E-state index is -0.797. The van der Waals surface area contributed by atoms with E-state index in [2.05, 4.69) is 20.4 Å². The number of carbonyl (C=O) groups is 1. The molecule has 0 aliphatic rings. The van der Waals surface area contributed by atoms with Crippen molar-refractivity contribution < 1.29 is 9.18 Å². The molecule has 2 heterocycles. The third-order valence-electron chi connectivity index (χ3n) is 2.81. The number of rotatable bonds is 3. The normalized spacial score (nSPS) is 10.3. The highest BCUT2D eigenvalue weighted by Gasteiger charge is 2.12. The van der Waals surface area contributed by atoms with Crippen molar-refractivity contribution in [1.82, 2.24) is 19.7 Å². The lowest BCUT2D eigenvalue weighted by atomic mass is 10.2. The van der Waals surface area contributed by atoms with E-state index in [4.69, 9.17) is 0 Å². The summed E-state index contributed by atoms with van der Waals surface area (Å²) in [5.41, 5.74) is 1.25. The van der Waals surface area contributed by atoms with Crippen LogP contribution in [0, 0.1) is 5.95 Å². The van der Waals surface area contributed by atoms with E-state index in [1.165, 1.54) is 24.7 Å². The van der Waals surface area contributed by atoms with Crippen LogP contribution in [0.4, 0.5) is 10.1 Å². The van der Waals surface area contributed by atoms with Crippen LogP contribution in [0.5, 0.6) is 0 Å². The predicted molar refractivity (Wildman–Crippen MR) is 73.5 cm³/mol. The lowest BCUT2D eigenvalue weighted by Gasteiger charge is -2.06. The van der Waals surface area contributed by atoms with Crippen LogP contribution in [0.2, 0.25) is 0 Å². The second-order valence-electron chi connectivity index (χ2n) is 4.18. The lowest BCUT2D eigenvalue weighted by Crippen LogP contribution is -2.14. The van der Waals surface area contributed by atoms with Crippen molar-refractivity contribution in [2.75, 3.05) is 5.32 Å². The summed E-state index contributed by atoms with van der Waals surface area (Å²) in [7, 11) is 0. The van der Waals surface area contributed by atoms with Gasteiger partial charge in [0.2, 0.25) is 5.95 Å². The van der Waals surface area contributed by atoms with E-state index in [-0.39, 0.29) is 5.56 Å². The molecule has 1 amide bonds. The first-order valence-corrected chi connectivity index (χ1v) is 6.11. The highest BCUT2D eigenvalue weighted by atomic mass is 19.1. The molecule has 0 aliphatic heterocycles. The molecule has 1 aromatic carbocycles. The zero-order valence-corrected chi connectivity index (χ0v) is 10.8. The summed E-state index contributed by atoms with van der Waals surface area (Å²) in [6.07, 6.45) is 4.29. The molecule has 0 saturated carbocycles. The highest BCUT2D eigenvalue weighted by molar-refractivity contribution is 6.04. The van der Waals surface area contributed by atoms with Gasteiger partial charge in [0.15, 0.2) is 0 Å². The number of nitrogens with one attached hydrogen (secondary N) is 1. The Hall–Kier alpha value is -3.09. The maximum Gasteiger partial charge on any atom is 0.260 e. The quantitative estimate of drug-likeness (QED) is 0.747. The molecule has 7 heteroatoms. The van der Waals surface area contributed by atoms with Crippen molar-refractivity contribution in [3.63, 3.8) is 0 Å². The van der Waals surface area contributed by atoms with Gasteiger partial charge in [0.05, 0.1) is 11.3 Å². The van der Waals surface area contributed by atoms with Crippen LogP contribution in [-0.4, -0.2) is 25.7 Å². The second kappa shape index (κ2) is 5.49. The standard InChI is InChI=1S/C14H10FN5O/c15-13-12(2-1-7-17-13)14(21)19-10-3-5-11(6-4-10)20-9-16-8-18-20/h1-9H,(H,19,21). The molecule has 0 spiro atoms. The number of amides is 1. The molecule has 2 aromatic heterocycles. The number of halogens is 1. The molecule has 0 atom stereocenters. The minimum absolute atomic E-state index is 0.0992. The van der Waals surface area contributed by atoms with Crippen molar-refractivity contribution in [3.05, 3.63) is 66.8 Å². The Kier molecular flexibility index (Phi) is 3.38. The summed E-state index contributed by atoms with van der Waals surface area (Å²) in [5.74, 6) is -1.34. The van der Waals surface area contributed by atoms with Gasteiger partial charge in [-0.1, -0.05) is 0 Å². The molecular weight excluding hydrogens is 273 g/mol. The molecule has 0 bridgehead atoms. The van der Waals surface area contributed by atoms with Crippen molar-refractivity contribution >= 4 is 11.6 Å². The van der Waals surface area contributed by atoms with E-state index < -0.39 is 11.9 Å². The van der Waals surface area contributed by atoms with Crippen molar-refractivity contribution in [2.24, 2.45) is 0 Å². The summed E-state index contributed by atoms with van der Waals surface area (Å²) in [6.45, 7) is 0. The fourth-order valence-electron chi connectivity index (χ4n) is 1.79. The molecule has 0 saturated heterocycles. The number of aromatic nitrogens is 4. The van der Waals surface area contributed by atoms with E-state index in [1.807, 2.05) is 0 Å². The average Bonchev–Trinajstić information content (AvgIpc) is 3.02. The molecule has 104 valence electrons. The number of hydrogen-bond donors (Lipinski definition) is 1.